The zero-order valence-corrected chi connectivity index (χ0v) is 17.8. The molecule has 5 aromatic rings. The van der Waals surface area contributed by atoms with Crippen molar-refractivity contribution in [1.82, 2.24) is 25.0 Å². The Morgan fingerprint density at radius 2 is 1.56 bits per heavy atom. The van der Waals surface area contributed by atoms with Gasteiger partial charge in [0, 0.05) is 18.5 Å². The lowest BCUT2D eigenvalue weighted by molar-refractivity contribution is 0.419. The Bertz CT molecular complexity index is 1280. The first-order valence-corrected chi connectivity index (χ1v) is 10.9. The highest BCUT2D eigenvalue weighted by atomic mass is 16.5. The second-order valence-electron chi connectivity index (χ2n) is 7.75. The highest BCUT2D eigenvalue weighted by molar-refractivity contribution is 5.76. The van der Waals surface area contributed by atoms with Crippen molar-refractivity contribution >= 4 is 11.0 Å². The molecule has 0 bridgehead atoms. The smallest absolute Gasteiger partial charge is 0.257 e. The minimum absolute atomic E-state index is 0.553. The van der Waals surface area contributed by atoms with Crippen LogP contribution in [0.4, 0.5) is 0 Å². The van der Waals surface area contributed by atoms with E-state index in [-0.39, 0.29) is 0 Å². The van der Waals surface area contributed by atoms with E-state index in [9.17, 15) is 0 Å². The lowest BCUT2D eigenvalue weighted by Crippen LogP contribution is -2.17. The van der Waals surface area contributed by atoms with Gasteiger partial charge in [-0.3, -0.25) is 0 Å². The van der Waals surface area contributed by atoms with E-state index in [4.69, 9.17) is 9.51 Å². The zero-order valence-electron chi connectivity index (χ0n) is 17.8. The molecule has 2 heterocycles. The third-order valence-electron chi connectivity index (χ3n) is 5.44. The molecular formula is C26H25N5O. The molecule has 32 heavy (non-hydrogen) atoms. The number of para-hydroxylation sites is 2. The SMILES string of the molecule is c1ccc(Cn2c(CCCNCc3noc(-c4ccccc4)n3)nc3ccccc32)cc1. The van der Waals surface area contributed by atoms with Gasteiger partial charge in [0.15, 0.2) is 5.82 Å². The molecule has 0 aliphatic carbocycles. The Labute approximate surface area is 186 Å². The number of benzene rings is 3. The topological polar surface area (TPSA) is 68.8 Å². The van der Waals surface area contributed by atoms with E-state index in [1.54, 1.807) is 0 Å². The number of hydrogen-bond acceptors (Lipinski definition) is 5. The van der Waals surface area contributed by atoms with Crippen molar-refractivity contribution in [2.45, 2.75) is 25.9 Å². The van der Waals surface area contributed by atoms with E-state index in [1.807, 2.05) is 36.4 Å². The standard InChI is InChI=1S/C26H25N5O/c1-3-10-20(11-4-1)19-31-23-15-8-7-14-22(23)28-25(31)16-9-17-27-18-24-29-26(32-30-24)21-12-5-2-6-13-21/h1-8,10-15,27H,9,16-19H2. The average molecular weight is 424 g/mol. The molecule has 0 aliphatic heterocycles. The molecule has 1 N–H and O–H groups in total. The Kier molecular flexibility index (Phi) is 6.03. The Morgan fingerprint density at radius 1 is 0.812 bits per heavy atom. The Hall–Kier alpha value is -3.77. The van der Waals surface area contributed by atoms with Crippen LogP contribution in [-0.4, -0.2) is 26.2 Å². The largest absolute Gasteiger partial charge is 0.334 e. The van der Waals surface area contributed by atoms with Crippen LogP contribution in [-0.2, 0) is 19.5 Å². The fraction of sp³-hybridized carbons (Fsp3) is 0.192. The van der Waals surface area contributed by atoms with Gasteiger partial charge in [0.2, 0.25) is 0 Å². The molecule has 0 fully saturated rings. The number of rotatable bonds is 9. The van der Waals surface area contributed by atoms with Crippen LogP contribution in [0.25, 0.3) is 22.5 Å². The Balaban J connectivity index is 1.19. The summed E-state index contributed by atoms with van der Waals surface area (Å²) in [5.41, 5.74) is 4.44. The summed E-state index contributed by atoms with van der Waals surface area (Å²) in [5.74, 6) is 2.33. The normalized spacial score (nSPS) is 11.2. The predicted molar refractivity (Wildman–Crippen MR) is 125 cm³/mol. The van der Waals surface area contributed by atoms with E-state index in [2.05, 4.69) is 68.6 Å². The molecule has 5 rings (SSSR count). The molecule has 0 saturated carbocycles. The number of aromatic nitrogens is 4. The first-order chi connectivity index (χ1) is 15.9. The predicted octanol–water partition coefficient (Wildman–Crippen LogP) is 4.86. The van der Waals surface area contributed by atoms with Gasteiger partial charge in [0.1, 0.15) is 5.82 Å². The summed E-state index contributed by atoms with van der Waals surface area (Å²) in [7, 11) is 0. The van der Waals surface area contributed by atoms with Gasteiger partial charge >= 0.3 is 0 Å². The van der Waals surface area contributed by atoms with Crippen molar-refractivity contribution in [3.63, 3.8) is 0 Å². The highest BCUT2D eigenvalue weighted by Crippen LogP contribution is 2.19. The third-order valence-corrected chi connectivity index (χ3v) is 5.44. The van der Waals surface area contributed by atoms with Crippen molar-refractivity contribution < 1.29 is 4.52 Å². The van der Waals surface area contributed by atoms with Gasteiger partial charge in [-0.1, -0.05) is 65.8 Å². The highest BCUT2D eigenvalue weighted by Gasteiger charge is 2.11. The molecule has 3 aromatic carbocycles. The second kappa shape index (κ2) is 9.58. The van der Waals surface area contributed by atoms with Gasteiger partial charge in [0.05, 0.1) is 17.6 Å². The summed E-state index contributed by atoms with van der Waals surface area (Å²) in [4.78, 5) is 9.37. The summed E-state index contributed by atoms with van der Waals surface area (Å²) in [5, 5.41) is 7.49. The molecule has 0 spiro atoms. The fourth-order valence-electron chi connectivity index (χ4n) is 3.85. The van der Waals surface area contributed by atoms with Crippen molar-refractivity contribution in [2.75, 3.05) is 6.54 Å². The van der Waals surface area contributed by atoms with E-state index in [0.29, 0.717) is 18.3 Å². The third kappa shape index (κ3) is 4.60. The van der Waals surface area contributed by atoms with Crippen LogP contribution in [0.5, 0.6) is 0 Å². The fourth-order valence-corrected chi connectivity index (χ4v) is 3.85. The van der Waals surface area contributed by atoms with Gasteiger partial charge in [-0.2, -0.15) is 4.98 Å². The van der Waals surface area contributed by atoms with Gasteiger partial charge in [-0.05, 0) is 42.8 Å². The molecule has 2 aromatic heterocycles. The van der Waals surface area contributed by atoms with Crippen LogP contribution >= 0.6 is 0 Å². The van der Waals surface area contributed by atoms with E-state index < -0.39 is 0 Å². The van der Waals surface area contributed by atoms with E-state index in [1.165, 1.54) is 11.1 Å². The van der Waals surface area contributed by atoms with Crippen molar-refractivity contribution in [1.29, 1.82) is 0 Å². The van der Waals surface area contributed by atoms with Gasteiger partial charge in [0.25, 0.3) is 5.89 Å². The number of nitrogens with one attached hydrogen (secondary N) is 1. The average Bonchev–Trinajstić information content (AvgIpc) is 3.45. The first-order valence-electron chi connectivity index (χ1n) is 10.9. The number of fused-ring (bicyclic) bond motifs is 1. The quantitative estimate of drug-likeness (QED) is 0.343. The summed E-state index contributed by atoms with van der Waals surface area (Å²) in [6.07, 6.45) is 1.87. The van der Waals surface area contributed by atoms with Crippen LogP contribution in [0.15, 0.2) is 89.5 Å². The minimum Gasteiger partial charge on any atom is -0.334 e. The van der Waals surface area contributed by atoms with E-state index >= 15 is 0 Å². The Morgan fingerprint density at radius 3 is 2.41 bits per heavy atom. The van der Waals surface area contributed by atoms with Crippen LogP contribution < -0.4 is 5.32 Å². The lowest BCUT2D eigenvalue weighted by atomic mass is 10.2. The molecular weight excluding hydrogens is 398 g/mol. The number of hydrogen-bond donors (Lipinski definition) is 1. The summed E-state index contributed by atoms with van der Waals surface area (Å²) in [6.45, 7) is 2.26. The molecule has 0 saturated heterocycles. The van der Waals surface area contributed by atoms with Crippen molar-refractivity contribution in [3.8, 4) is 11.5 Å². The monoisotopic (exact) mass is 423 g/mol. The molecule has 0 unspecified atom stereocenters. The maximum Gasteiger partial charge on any atom is 0.257 e. The molecule has 0 atom stereocenters. The molecule has 0 aliphatic rings. The van der Waals surface area contributed by atoms with Crippen LogP contribution in [0, 0.1) is 0 Å². The van der Waals surface area contributed by atoms with Crippen molar-refractivity contribution in [3.05, 3.63) is 102 Å². The summed E-state index contributed by atoms with van der Waals surface area (Å²) < 4.78 is 7.70. The summed E-state index contributed by atoms with van der Waals surface area (Å²) in [6, 6.07) is 28.7. The molecule has 6 nitrogen and oxygen atoms in total. The number of nitrogens with zero attached hydrogens (tertiary/aromatic N) is 4. The number of imidazole rings is 1. The summed E-state index contributed by atoms with van der Waals surface area (Å²) >= 11 is 0. The van der Waals surface area contributed by atoms with Gasteiger partial charge in [-0.15, -0.1) is 0 Å². The maximum atomic E-state index is 5.37. The molecule has 0 amide bonds. The maximum absolute atomic E-state index is 5.37. The second-order valence-corrected chi connectivity index (χ2v) is 7.75. The number of aryl methyl sites for hydroxylation is 1. The molecule has 0 radical (unpaired) electrons. The van der Waals surface area contributed by atoms with Crippen LogP contribution in [0.2, 0.25) is 0 Å². The van der Waals surface area contributed by atoms with Crippen LogP contribution in [0.3, 0.4) is 0 Å². The molecule has 6 heteroatoms. The zero-order chi connectivity index (χ0) is 21.6. The molecule has 160 valence electrons. The minimum atomic E-state index is 0.553. The van der Waals surface area contributed by atoms with Gasteiger partial charge in [-0.25, -0.2) is 4.98 Å². The first kappa shape index (κ1) is 20.2. The van der Waals surface area contributed by atoms with E-state index in [0.717, 1.165) is 42.8 Å². The van der Waals surface area contributed by atoms with Crippen molar-refractivity contribution in [2.24, 2.45) is 0 Å². The lowest BCUT2D eigenvalue weighted by Gasteiger charge is -2.10. The van der Waals surface area contributed by atoms with Crippen LogP contribution in [0.1, 0.15) is 23.6 Å². The van der Waals surface area contributed by atoms with Gasteiger partial charge < -0.3 is 14.4 Å².